The summed E-state index contributed by atoms with van der Waals surface area (Å²) >= 11 is 0. The summed E-state index contributed by atoms with van der Waals surface area (Å²) in [4.78, 5) is 16.1. The van der Waals surface area contributed by atoms with E-state index in [-0.39, 0.29) is 12.1 Å². The number of carbonyl (C=O) groups excluding carboxylic acids is 1. The topological polar surface area (TPSA) is 44.8 Å². The van der Waals surface area contributed by atoms with E-state index in [2.05, 4.69) is 24.2 Å². The van der Waals surface area contributed by atoms with Crippen LogP contribution in [-0.2, 0) is 4.79 Å². The predicted octanol–water partition coefficient (Wildman–Crippen LogP) is 1.08. The van der Waals surface area contributed by atoms with Crippen LogP contribution in [0.15, 0.2) is 24.3 Å². The first-order valence-electron chi connectivity index (χ1n) is 7.01. The molecule has 1 amide bonds. The quantitative estimate of drug-likeness (QED) is 0.845. The number of nitrogens with zero attached hydrogens (tertiary/aromatic N) is 2. The molecular formula is C15H23N3O2. The van der Waals surface area contributed by atoms with Crippen molar-refractivity contribution in [2.24, 2.45) is 0 Å². The maximum Gasteiger partial charge on any atom is 0.238 e. The summed E-state index contributed by atoms with van der Waals surface area (Å²) in [6, 6.07) is 7.87. The molecule has 0 spiro atoms. The molecule has 0 aliphatic carbocycles. The van der Waals surface area contributed by atoms with Gasteiger partial charge in [0.15, 0.2) is 0 Å². The van der Waals surface area contributed by atoms with Crippen molar-refractivity contribution in [2.45, 2.75) is 13.1 Å². The minimum Gasteiger partial charge on any atom is -0.497 e. The fraction of sp³-hybridized carbons (Fsp3) is 0.533. The van der Waals surface area contributed by atoms with Gasteiger partial charge < -0.3 is 14.5 Å². The van der Waals surface area contributed by atoms with E-state index in [0.717, 1.165) is 30.9 Å². The van der Waals surface area contributed by atoms with E-state index in [1.165, 1.54) is 0 Å². The first-order valence-corrected chi connectivity index (χ1v) is 7.01. The molecule has 5 nitrogen and oxygen atoms in total. The highest BCUT2D eigenvalue weighted by molar-refractivity contribution is 5.81. The predicted molar refractivity (Wildman–Crippen MR) is 78.6 cm³/mol. The van der Waals surface area contributed by atoms with Crippen LogP contribution in [0.5, 0.6) is 5.75 Å². The van der Waals surface area contributed by atoms with Gasteiger partial charge in [-0.15, -0.1) is 0 Å². The van der Waals surface area contributed by atoms with Crippen molar-refractivity contribution in [1.29, 1.82) is 0 Å². The molecule has 1 aliphatic rings. The van der Waals surface area contributed by atoms with Crippen LogP contribution in [0.2, 0.25) is 0 Å². The number of hydrogen-bond donors (Lipinski definition) is 1. The van der Waals surface area contributed by atoms with E-state index >= 15 is 0 Å². The molecule has 0 bridgehead atoms. The third-order valence-corrected chi connectivity index (χ3v) is 3.75. The van der Waals surface area contributed by atoms with Gasteiger partial charge >= 0.3 is 0 Å². The molecule has 1 atom stereocenters. The number of methoxy groups -OCH3 is 1. The molecule has 0 radical (unpaired) electrons. The normalized spacial score (nSPS) is 18.9. The lowest BCUT2D eigenvalue weighted by molar-refractivity contribution is -0.128. The summed E-state index contributed by atoms with van der Waals surface area (Å²) in [5, 5.41) is 3.27. The van der Waals surface area contributed by atoms with Crippen molar-refractivity contribution in [3.63, 3.8) is 0 Å². The van der Waals surface area contributed by atoms with Crippen molar-refractivity contribution >= 4 is 5.91 Å². The van der Waals surface area contributed by atoms with Gasteiger partial charge in [0.2, 0.25) is 5.91 Å². The molecular weight excluding hydrogens is 254 g/mol. The highest BCUT2D eigenvalue weighted by Gasteiger charge is 2.31. The Balaban J connectivity index is 2.10. The molecule has 1 N–H and O–H groups in total. The van der Waals surface area contributed by atoms with E-state index in [4.69, 9.17) is 4.74 Å². The van der Waals surface area contributed by atoms with Crippen LogP contribution in [0.3, 0.4) is 0 Å². The van der Waals surface area contributed by atoms with Gasteiger partial charge in [0.25, 0.3) is 0 Å². The van der Waals surface area contributed by atoms with Crippen LogP contribution in [0, 0.1) is 0 Å². The molecule has 1 saturated heterocycles. The maximum atomic E-state index is 12.0. The summed E-state index contributed by atoms with van der Waals surface area (Å²) in [5.41, 5.74) is 1.06. The standard InChI is InChI=1S/C15H23N3O2/c1-4-17(2)8-9-18-14(19)11-16-15(18)12-6-5-7-13(10-12)20-3/h5-7,10,15-16H,4,8-9,11H2,1-3H3. The van der Waals surface area contributed by atoms with Gasteiger partial charge in [-0.25, -0.2) is 0 Å². The highest BCUT2D eigenvalue weighted by Crippen LogP contribution is 2.25. The number of amides is 1. The smallest absolute Gasteiger partial charge is 0.238 e. The molecule has 1 fully saturated rings. The Kier molecular flexibility index (Phi) is 4.98. The molecule has 0 aromatic heterocycles. The zero-order valence-electron chi connectivity index (χ0n) is 12.4. The van der Waals surface area contributed by atoms with Crippen molar-refractivity contribution in [2.75, 3.05) is 40.3 Å². The fourth-order valence-electron chi connectivity index (χ4n) is 2.34. The second kappa shape index (κ2) is 6.72. The minimum absolute atomic E-state index is 0.0529. The molecule has 1 aliphatic heterocycles. The summed E-state index contributed by atoms with van der Waals surface area (Å²) in [5.74, 6) is 0.969. The van der Waals surface area contributed by atoms with Crippen molar-refractivity contribution in [3.05, 3.63) is 29.8 Å². The third-order valence-electron chi connectivity index (χ3n) is 3.75. The van der Waals surface area contributed by atoms with Gasteiger partial charge in [-0.05, 0) is 31.3 Å². The molecule has 110 valence electrons. The van der Waals surface area contributed by atoms with Crippen LogP contribution in [-0.4, -0.2) is 56.0 Å². The third kappa shape index (κ3) is 3.29. The maximum absolute atomic E-state index is 12.0. The Hall–Kier alpha value is -1.59. The van der Waals surface area contributed by atoms with Gasteiger partial charge in [0.05, 0.1) is 13.7 Å². The Labute approximate surface area is 120 Å². The van der Waals surface area contributed by atoms with Crippen molar-refractivity contribution < 1.29 is 9.53 Å². The van der Waals surface area contributed by atoms with Gasteiger partial charge in [-0.2, -0.15) is 0 Å². The molecule has 1 aromatic rings. The summed E-state index contributed by atoms with van der Waals surface area (Å²) in [6.07, 6.45) is -0.0529. The van der Waals surface area contributed by atoms with Crippen molar-refractivity contribution in [3.8, 4) is 5.75 Å². The second-order valence-electron chi connectivity index (χ2n) is 5.04. The lowest BCUT2D eigenvalue weighted by Gasteiger charge is -2.27. The number of likely N-dealkylation sites (N-methyl/N-ethyl adjacent to an activating group) is 1. The molecule has 0 saturated carbocycles. The number of rotatable bonds is 6. The Morgan fingerprint density at radius 1 is 1.50 bits per heavy atom. The number of hydrogen-bond acceptors (Lipinski definition) is 4. The molecule has 2 rings (SSSR count). The minimum atomic E-state index is -0.0529. The molecule has 20 heavy (non-hydrogen) atoms. The average Bonchev–Trinajstić information content (AvgIpc) is 2.85. The molecule has 1 heterocycles. The fourth-order valence-corrected chi connectivity index (χ4v) is 2.34. The Morgan fingerprint density at radius 2 is 2.30 bits per heavy atom. The number of nitrogens with one attached hydrogen (secondary N) is 1. The van der Waals surface area contributed by atoms with Crippen LogP contribution < -0.4 is 10.1 Å². The zero-order chi connectivity index (χ0) is 14.5. The number of benzene rings is 1. The molecule has 5 heteroatoms. The Morgan fingerprint density at radius 3 is 3.00 bits per heavy atom. The van der Waals surface area contributed by atoms with Crippen molar-refractivity contribution in [1.82, 2.24) is 15.1 Å². The van der Waals surface area contributed by atoms with Crippen LogP contribution in [0.4, 0.5) is 0 Å². The summed E-state index contributed by atoms with van der Waals surface area (Å²) < 4.78 is 5.25. The SMILES string of the molecule is CCN(C)CCN1C(=O)CNC1c1cccc(OC)c1. The monoisotopic (exact) mass is 277 g/mol. The summed E-state index contributed by atoms with van der Waals surface area (Å²) in [7, 11) is 3.72. The first kappa shape index (κ1) is 14.8. The van der Waals surface area contributed by atoms with E-state index < -0.39 is 0 Å². The largest absolute Gasteiger partial charge is 0.497 e. The van der Waals surface area contributed by atoms with Crippen LogP contribution in [0.1, 0.15) is 18.7 Å². The van der Waals surface area contributed by atoms with E-state index in [1.807, 2.05) is 29.2 Å². The van der Waals surface area contributed by atoms with Gasteiger partial charge in [-0.3, -0.25) is 10.1 Å². The summed E-state index contributed by atoms with van der Waals surface area (Å²) in [6.45, 7) is 5.11. The lowest BCUT2D eigenvalue weighted by Crippen LogP contribution is -2.37. The number of ether oxygens (including phenoxy) is 1. The van der Waals surface area contributed by atoms with Gasteiger partial charge in [0.1, 0.15) is 11.9 Å². The van der Waals surface area contributed by atoms with E-state index in [9.17, 15) is 4.79 Å². The molecule has 1 unspecified atom stereocenters. The number of carbonyl (C=O) groups is 1. The van der Waals surface area contributed by atoms with Gasteiger partial charge in [0, 0.05) is 13.1 Å². The first-order chi connectivity index (χ1) is 9.65. The average molecular weight is 277 g/mol. The van der Waals surface area contributed by atoms with Crippen LogP contribution >= 0.6 is 0 Å². The second-order valence-corrected chi connectivity index (χ2v) is 5.04. The Bertz CT molecular complexity index is 464. The van der Waals surface area contributed by atoms with E-state index in [1.54, 1.807) is 7.11 Å². The van der Waals surface area contributed by atoms with Crippen LogP contribution in [0.25, 0.3) is 0 Å². The lowest BCUT2D eigenvalue weighted by atomic mass is 10.1. The zero-order valence-corrected chi connectivity index (χ0v) is 12.4. The van der Waals surface area contributed by atoms with E-state index in [0.29, 0.717) is 6.54 Å². The highest BCUT2D eigenvalue weighted by atomic mass is 16.5. The molecule has 1 aromatic carbocycles. The van der Waals surface area contributed by atoms with Gasteiger partial charge in [-0.1, -0.05) is 19.1 Å².